The van der Waals surface area contributed by atoms with Gasteiger partial charge >= 0.3 is 6.61 Å². The molecule has 0 aliphatic heterocycles. The first-order valence-corrected chi connectivity index (χ1v) is 7.32. The van der Waals surface area contributed by atoms with Crippen molar-refractivity contribution in [2.75, 3.05) is 13.1 Å². The van der Waals surface area contributed by atoms with Gasteiger partial charge < -0.3 is 10.5 Å². The molecule has 0 heterocycles. The summed E-state index contributed by atoms with van der Waals surface area (Å²) in [4.78, 5) is -0.148. The second-order valence-corrected chi connectivity index (χ2v) is 5.70. The van der Waals surface area contributed by atoms with Crippen LogP contribution in [0.3, 0.4) is 0 Å². The summed E-state index contributed by atoms with van der Waals surface area (Å²) < 4.78 is 54.2. The van der Waals surface area contributed by atoms with Gasteiger partial charge in [0, 0.05) is 13.1 Å². The largest absolute Gasteiger partial charge is 0.433 e. The molecule has 0 atom stereocenters. The van der Waals surface area contributed by atoms with E-state index in [9.17, 15) is 17.2 Å². The molecule has 0 aliphatic carbocycles. The van der Waals surface area contributed by atoms with Crippen LogP contribution in [-0.4, -0.2) is 28.1 Å². The molecule has 112 valence electrons. The van der Waals surface area contributed by atoms with Crippen LogP contribution in [0.15, 0.2) is 35.2 Å². The number of rotatable bonds is 7. The smallest absolute Gasteiger partial charge is 0.387 e. The molecule has 1 rings (SSSR count). The molecule has 0 spiro atoms. The van der Waals surface area contributed by atoms with Crippen LogP contribution in [0, 0.1) is 0 Å². The van der Waals surface area contributed by atoms with E-state index in [1.807, 2.05) is 0 Å². The van der Waals surface area contributed by atoms with E-state index in [-0.39, 0.29) is 22.2 Å². The lowest BCUT2D eigenvalue weighted by Gasteiger charge is -2.09. The molecule has 5 nitrogen and oxygen atoms in total. The van der Waals surface area contributed by atoms with Crippen molar-refractivity contribution in [1.29, 1.82) is 0 Å². The average molecular weight is 327 g/mol. The Labute approximate surface area is 120 Å². The van der Waals surface area contributed by atoms with Crippen LogP contribution in [0.4, 0.5) is 8.78 Å². The lowest BCUT2D eigenvalue weighted by Crippen LogP contribution is -2.23. The molecule has 0 saturated carbocycles. The second kappa shape index (κ2) is 7.53. The number of nitrogens with one attached hydrogen (secondary N) is 1. The summed E-state index contributed by atoms with van der Waals surface area (Å²) in [6, 6.07) is 3.23. The van der Waals surface area contributed by atoms with Gasteiger partial charge in [-0.05, 0) is 18.2 Å². The molecule has 1 aromatic carbocycles. The number of hydrogen-bond donors (Lipinski definition) is 2. The Morgan fingerprint density at radius 3 is 2.65 bits per heavy atom. The first-order chi connectivity index (χ1) is 9.36. The van der Waals surface area contributed by atoms with Crippen LogP contribution in [-0.2, 0) is 10.0 Å². The fourth-order valence-electron chi connectivity index (χ4n) is 1.26. The first kappa shape index (κ1) is 16.8. The van der Waals surface area contributed by atoms with Crippen molar-refractivity contribution >= 4 is 21.6 Å². The van der Waals surface area contributed by atoms with Gasteiger partial charge in [-0.1, -0.05) is 23.8 Å². The minimum atomic E-state index is -3.78. The van der Waals surface area contributed by atoms with Gasteiger partial charge in [0.25, 0.3) is 0 Å². The fourth-order valence-corrected chi connectivity index (χ4v) is 2.55. The highest BCUT2D eigenvalue weighted by Crippen LogP contribution is 2.28. The fraction of sp³-hybridized carbons (Fsp3) is 0.273. The number of halogens is 3. The van der Waals surface area contributed by atoms with Gasteiger partial charge in [-0.15, -0.1) is 0 Å². The molecule has 20 heavy (non-hydrogen) atoms. The summed E-state index contributed by atoms with van der Waals surface area (Å²) in [5.74, 6) is -0.288. The number of ether oxygens (including phenoxy) is 1. The zero-order valence-corrected chi connectivity index (χ0v) is 11.8. The van der Waals surface area contributed by atoms with Crippen LogP contribution in [0.25, 0.3) is 0 Å². The van der Waals surface area contributed by atoms with Crippen molar-refractivity contribution < 1.29 is 21.9 Å². The zero-order valence-electron chi connectivity index (χ0n) is 10.2. The van der Waals surface area contributed by atoms with Crippen molar-refractivity contribution in [3.8, 4) is 5.75 Å². The third-order valence-corrected chi connectivity index (χ3v) is 3.84. The van der Waals surface area contributed by atoms with Crippen molar-refractivity contribution in [2.45, 2.75) is 11.5 Å². The van der Waals surface area contributed by atoms with Crippen LogP contribution in [0.5, 0.6) is 5.75 Å². The molecule has 1 aromatic rings. The summed E-state index contributed by atoms with van der Waals surface area (Å²) in [6.07, 6.45) is 3.14. The topological polar surface area (TPSA) is 81.4 Å². The van der Waals surface area contributed by atoms with Gasteiger partial charge in [-0.2, -0.15) is 8.78 Å². The minimum absolute atomic E-state index is 0.0619. The maximum Gasteiger partial charge on any atom is 0.387 e. The normalized spacial score (nSPS) is 12.2. The van der Waals surface area contributed by atoms with E-state index in [4.69, 9.17) is 17.3 Å². The van der Waals surface area contributed by atoms with Crippen molar-refractivity contribution in [2.24, 2.45) is 5.73 Å². The molecule has 0 amide bonds. The quantitative estimate of drug-likeness (QED) is 0.748. The summed E-state index contributed by atoms with van der Waals surface area (Å²) in [5, 5.41) is -0.217. The van der Waals surface area contributed by atoms with Gasteiger partial charge in [0.2, 0.25) is 10.0 Å². The van der Waals surface area contributed by atoms with E-state index in [0.717, 1.165) is 18.2 Å². The predicted molar refractivity (Wildman–Crippen MR) is 71.5 cm³/mol. The summed E-state index contributed by atoms with van der Waals surface area (Å²) in [5.41, 5.74) is 5.21. The predicted octanol–water partition coefficient (Wildman–Crippen LogP) is 1.73. The Morgan fingerprint density at radius 2 is 2.10 bits per heavy atom. The van der Waals surface area contributed by atoms with Crippen molar-refractivity contribution in [3.63, 3.8) is 0 Å². The Bertz CT molecular complexity index is 579. The molecule has 0 bridgehead atoms. The summed E-state index contributed by atoms with van der Waals surface area (Å²) in [7, 11) is -3.78. The molecule has 9 heteroatoms. The highest BCUT2D eigenvalue weighted by molar-refractivity contribution is 7.89. The maximum absolute atomic E-state index is 12.0. The van der Waals surface area contributed by atoms with E-state index < -0.39 is 16.6 Å². The molecule has 3 N–H and O–H groups in total. The summed E-state index contributed by atoms with van der Waals surface area (Å²) in [6.45, 7) is -2.67. The van der Waals surface area contributed by atoms with Gasteiger partial charge in [0.1, 0.15) is 5.75 Å². The van der Waals surface area contributed by atoms with Crippen LogP contribution >= 0.6 is 11.6 Å². The first-order valence-electron chi connectivity index (χ1n) is 5.46. The standard InChI is InChI=1S/C11H13ClF2N2O3S/c12-9-7-8(3-4-10(9)19-11(13)14)20(17,18)16-6-2-1-5-15/h1-4,7,11,16H,5-6,15H2/b2-1+. The van der Waals surface area contributed by atoms with Gasteiger partial charge in [0.15, 0.2) is 0 Å². The van der Waals surface area contributed by atoms with Gasteiger partial charge in [-0.25, -0.2) is 13.1 Å². The number of alkyl halides is 2. The summed E-state index contributed by atoms with van der Waals surface area (Å²) >= 11 is 5.68. The second-order valence-electron chi connectivity index (χ2n) is 3.53. The molecule has 0 unspecified atom stereocenters. The molecule has 0 saturated heterocycles. The molecular weight excluding hydrogens is 314 g/mol. The van der Waals surface area contributed by atoms with E-state index in [1.54, 1.807) is 12.2 Å². The molecule has 0 radical (unpaired) electrons. The average Bonchev–Trinajstić information content (AvgIpc) is 2.36. The van der Waals surface area contributed by atoms with Crippen LogP contribution in [0.1, 0.15) is 0 Å². The van der Waals surface area contributed by atoms with Crippen molar-refractivity contribution in [3.05, 3.63) is 35.4 Å². The van der Waals surface area contributed by atoms with Crippen LogP contribution in [0.2, 0.25) is 5.02 Å². The molecule has 0 aliphatic rings. The molecular formula is C11H13ClF2N2O3S. The third kappa shape index (κ3) is 5.04. The maximum atomic E-state index is 12.0. The highest BCUT2D eigenvalue weighted by atomic mass is 35.5. The van der Waals surface area contributed by atoms with E-state index in [1.165, 1.54) is 0 Å². The zero-order chi connectivity index (χ0) is 15.2. The number of benzene rings is 1. The molecule has 0 fully saturated rings. The highest BCUT2D eigenvalue weighted by Gasteiger charge is 2.16. The Morgan fingerprint density at radius 1 is 1.40 bits per heavy atom. The van der Waals surface area contributed by atoms with Crippen LogP contribution < -0.4 is 15.2 Å². The monoisotopic (exact) mass is 326 g/mol. The van der Waals surface area contributed by atoms with Crippen molar-refractivity contribution in [1.82, 2.24) is 4.72 Å². The van der Waals surface area contributed by atoms with Gasteiger partial charge in [0.05, 0.1) is 9.92 Å². The number of sulfonamides is 1. The minimum Gasteiger partial charge on any atom is -0.433 e. The SMILES string of the molecule is NC/C=C/CNS(=O)(=O)c1ccc(OC(F)F)c(Cl)c1. The third-order valence-electron chi connectivity index (χ3n) is 2.12. The number of nitrogens with two attached hydrogens (primary N) is 1. The number of hydrogen-bond acceptors (Lipinski definition) is 4. The Balaban J connectivity index is 2.85. The lowest BCUT2D eigenvalue weighted by molar-refractivity contribution is -0.0498. The Kier molecular flexibility index (Phi) is 6.34. The van der Waals surface area contributed by atoms with E-state index in [0.29, 0.717) is 6.54 Å². The van der Waals surface area contributed by atoms with Gasteiger partial charge in [-0.3, -0.25) is 0 Å². The van der Waals surface area contributed by atoms with E-state index in [2.05, 4.69) is 9.46 Å². The lowest BCUT2D eigenvalue weighted by atomic mass is 10.3. The molecule has 0 aromatic heterocycles. The Hall–Kier alpha value is -1.22. The van der Waals surface area contributed by atoms with E-state index >= 15 is 0 Å².